The van der Waals surface area contributed by atoms with Crippen molar-refractivity contribution in [2.75, 3.05) is 11.9 Å². The minimum atomic E-state index is -1.08. The number of benzene rings is 2. The van der Waals surface area contributed by atoms with Gasteiger partial charge >= 0.3 is 11.9 Å². The van der Waals surface area contributed by atoms with Gasteiger partial charge < -0.3 is 30.0 Å². The molecule has 224 valence electrons. The van der Waals surface area contributed by atoms with E-state index in [1.807, 2.05) is 19.1 Å². The van der Waals surface area contributed by atoms with Crippen molar-refractivity contribution >= 4 is 23.5 Å². The number of nitrogens with two attached hydrogens (primary N) is 1. The van der Waals surface area contributed by atoms with Crippen LogP contribution in [0.15, 0.2) is 71.4 Å². The molecule has 0 saturated carbocycles. The summed E-state index contributed by atoms with van der Waals surface area (Å²) in [5.41, 5.74) is 9.86. The van der Waals surface area contributed by atoms with Gasteiger partial charge in [-0.3, -0.25) is 14.6 Å². The van der Waals surface area contributed by atoms with Crippen LogP contribution in [-0.2, 0) is 27.2 Å². The first kappa shape index (κ1) is 30.9. The monoisotopic (exact) mass is 586 g/mol. The Balaban J connectivity index is 1.39. The van der Waals surface area contributed by atoms with Crippen molar-refractivity contribution in [2.45, 2.75) is 52.2 Å². The Hall–Kier alpha value is -5.03. The molecule has 4 aromatic rings. The third kappa shape index (κ3) is 8.49. The van der Waals surface area contributed by atoms with Gasteiger partial charge in [-0.05, 0) is 86.8 Å². The predicted octanol–water partition coefficient (Wildman–Crippen LogP) is 4.89. The molecule has 0 radical (unpaired) electrons. The fourth-order valence-corrected chi connectivity index (χ4v) is 4.30. The molecule has 1 amide bonds. The Kier molecular flexibility index (Phi) is 10.2. The van der Waals surface area contributed by atoms with E-state index in [1.54, 1.807) is 62.5 Å². The highest BCUT2D eigenvalue weighted by Gasteiger charge is 2.23. The summed E-state index contributed by atoms with van der Waals surface area (Å²) in [7, 11) is 0. The summed E-state index contributed by atoms with van der Waals surface area (Å²) in [4.78, 5) is 44.6. The standard InChI is InChI=1S/C32H34N4O7/c1-19(2)42-32(40)29(33)26-17-25(12-8-21(26)9-13-28(37)38)41-16-14-27-20(3)43-31(36-27)22-6-10-24(11-7-22)35-30(39)23-5-4-15-34-18-23/h4-8,10-12,15,17-19,29H,9,13-14,16,33H2,1-3H3,(H,35,39)(H,37,38). The molecular weight excluding hydrogens is 552 g/mol. The van der Waals surface area contributed by atoms with Crippen molar-refractivity contribution in [3.63, 3.8) is 0 Å². The maximum absolute atomic E-state index is 12.5. The predicted molar refractivity (Wildman–Crippen MR) is 159 cm³/mol. The second kappa shape index (κ2) is 14.2. The van der Waals surface area contributed by atoms with E-state index < -0.39 is 18.0 Å². The van der Waals surface area contributed by atoms with Crippen LogP contribution >= 0.6 is 0 Å². The number of hydrogen-bond donors (Lipinski definition) is 3. The number of esters is 1. The second-order valence-electron chi connectivity index (χ2n) is 10.1. The number of carbonyl (C=O) groups excluding carboxylic acids is 2. The molecule has 2 heterocycles. The van der Waals surface area contributed by atoms with Gasteiger partial charge in [0.25, 0.3) is 5.91 Å². The Morgan fingerprint density at radius 1 is 1.07 bits per heavy atom. The highest BCUT2D eigenvalue weighted by Crippen LogP contribution is 2.27. The number of pyridine rings is 1. The van der Waals surface area contributed by atoms with E-state index in [0.717, 1.165) is 11.3 Å². The normalized spacial score (nSPS) is 11.7. The first-order valence-corrected chi connectivity index (χ1v) is 13.8. The quantitative estimate of drug-likeness (QED) is 0.184. The zero-order chi connectivity index (χ0) is 30.9. The van der Waals surface area contributed by atoms with Crippen molar-refractivity contribution in [1.82, 2.24) is 9.97 Å². The number of carboxylic acid groups (broad SMARTS) is 1. The van der Waals surface area contributed by atoms with E-state index in [-0.39, 0.29) is 31.5 Å². The first-order chi connectivity index (χ1) is 20.6. The van der Waals surface area contributed by atoms with E-state index >= 15 is 0 Å². The fraction of sp³-hybridized carbons (Fsp3) is 0.281. The van der Waals surface area contributed by atoms with E-state index in [0.29, 0.717) is 46.2 Å². The third-order valence-corrected chi connectivity index (χ3v) is 6.48. The zero-order valence-corrected chi connectivity index (χ0v) is 24.2. The van der Waals surface area contributed by atoms with Gasteiger partial charge in [0.15, 0.2) is 0 Å². The smallest absolute Gasteiger partial charge is 0.327 e. The fourth-order valence-electron chi connectivity index (χ4n) is 4.30. The molecule has 11 heteroatoms. The number of carboxylic acids is 1. The molecule has 11 nitrogen and oxygen atoms in total. The third-order valence-electron chi connectivity index (χ3n) is 6.48. The van der Waals surface area contributed by atoms with E-state index in [4.69, 9.17) is 24.7 Å². The summed E-state index contributed by atoms with van der Waals surface area (Å²) in [6.07, 6.45) is 3.33. The molecule has 0 spiro atoms. The van der Waals surface area contributed by atoms with Crippen LogP contribution in [0.25, 0.3) is 11.5 Å². The molecule has 0 bridgehead atoms. The average molecular weight is 587 g/mol. The molecule has 4 rings (SSSR count). The SMILES string of the molecule is Cc1oc(-c2ccc(NC(=O)c3cccnc3)cc2)nc1CCOc1ccc(CCC(=O)O)c(C(N)C(=O)OC(C)C)c1. The maximum atomic E-state index is 12.5. The lowest BCUT2D eigenvalue weighted by molar-refractivity contribution is -0.149. The van der Waals surface area contributed by atoms with Gasteiger partial charge in [-0.2, -0.15) is 0 Å². The van der Waals surface area contributed by atoms with Crippen LogP contribution in [0, 0.1) is 6.92 Å². The van der Waals surface area contributed by atoms with Gasteiger partial charge in [0.05, 0.1) is 24.0 Å². The van der Waals surface area contributed by atoms with Crippen LogP contribution < -0.4 is 15.8 Å². The molecule has 1 atom stereocenters. The van der Waals surface area contributed by atoms with E-state index in [2.05, 4.69) is 15.3 Å². The van der Waals surface area contributed by atoms with Gasteiger partial charge in [-0.1, -0.05) is 6.07 Å². The lowest BCUT2D eigenvalue weighted by Gasteiger charge is -2.18. The number of ether oxygens (including phenoxy) is 2. The van der Waals surface area contributed by atoms with Gasteiger partial charge in [0.2, 0.25) is 5.89 Å². The summed E-state index contributed by atoms with van der Waals surface area (Å²) in [5, 5.41) is 11.9. The van der Waals surface area contributed by atoms with Crippen LogP contribution in [-0.4, -0.2) is 45.6 Å². The second-order valence-corrected chi connectivity index (χ2v) is 10.1. The highest BCUT2D eigenvalue weighted by molar-refractivity contribution is 6.04. The molecule has 0 aliphatic carbocycles. The Bertz CT molecular complexity index is 1570. The van der Waals surface area contributed by atoms with E-state index in [1.165, 1.54) is 6.20 Å². The molecule has 1 unspecified atom stereocenters. The summed E-state index contributed by atoms with van der Waals surface area (Å²) in [5.74, 6) is -0.233. The van der Waals surface area contributed by atoms with Crippen molar-refractivity contribution in [2.24, 2.45) is 5.73 Å². The van der Waals surface area contributed by atoms with Gasteiger partial charge in [0.1, 0.15) is 17.6 Å². The molecule has 0 saturated heterocycles. The topological polar surface area (TPSA) is 167 Å². The summed E-state index contributed by atoms with van der Waals surface area (Å²) >= 11 is 0. The van der Waals surface area contributed by atoms with Crippen LogP contribution in [0.2, 0.25) is 0 Å². The van der Waals surface area contributed by atoms with Crippen molar-refractivity contribution < 1.29 is 33.4 Å². The number of carbonyl (C=O) groups is 3. The number of aryl methyl sites for hydroxylation is 2. The molecule has 2 aromatic heterocycles. The minimum absolute atomic E-state index is 0.102. The summed E-state index contributed by atoms with van der Waals surface area (Å²) < 4.78 is 17.1. The van der Waals surface area contributed by atoms with Crippen molar-refractivity contribution in [3.05, 3.63) is 95.1 Å². The number of amides is 1. The van der Waals surface area contributed by atoms with Gasteiger partial charge in [-0.15, -0.1) is 0 Å². The van der Waals surface area contributed by atoms with Crippen LogP contribution in [0.5, 0.6) is 5.75 Å². The Morgan fingerprint density at radius 2 is 1.84 bits per heavy atom. The van der Waals surface area contributed by atoms with E-state index in [9.17, 15) is 14.4 Å². The number of hydrogen-bond acceptors (Lipinski definition) is 9. The molecule has 4 N–H and O–H groups in total. The van der Waals surface area contributed by atoms with Crippen molar-refractivity contribution in [1.29, 1.82) is 0 Å². The molecule has 43 heavy (non-hydrogen) atoms. The number of aromatic nitrogens is 2. The number of aliphatic carboxylic acids is 1. The molecule has 0 fully saturated rings. The lowest BCUT2D eigenvalue weighted by Crippen LogP contribution is -2.27. The lowest BCUT2D eigenvalue weighted by atomic mass is 9.97. The molecule has 0 aliphatic heterocycles. The Morgan fingerprint density at radius 3 is 2.51 bits per heavy atom. The summed E-state index contributed by atoms with van der Waals surface area (Å²) in [6, 6.07) is 14.6. The van der Waals surface area contributed by atoms with Gasteiger partial charge in [-0.25, -0.2) is 9.78 Å². The van der Waals surface area contributed by atoms with Gasteiger partial charge in [0, 0.05) is 36.5 Å². The van der Waals surface area contributed by atoms with Crippen LogP contribution in [0.1, 0.15) is 59.2 Å². The average Bonchev–Trinajstić information content (AvgIpc) is 3.36. The number of rotatable bonds is 13. The molecular formula is C32H34N4O7. The summed E-state index contributed by atoms with van der Waals surface area (Å²) in [6.45, 7) is 5.55. The minimum Gasteiger partial charge on any atom is -0.493 e. The number of nitrogens with one attached hydrogen (secondary N) is 1. The zero-order valence-electron chi connectivity index (χ0n) is 24.2. The molecule has 0 aliphatic rings. The number of oxazole rings is 1. The van der Waals surface area contributed by atoms with Crippen LogP contribution in [0.3, 0.4) is 0 Å². The highest BCUT2D eigenvalue weighted by atomic mass is 16.5. The first-order valence-electron chi connectivity index (χ1n) is 13.8. The Labute approximate surface area is 249 Å². The number of anilines is 1. The largest absolute Gasteiger partial charge is 0.493 e. The molecule has 2 aromatic carbocycles. The maximum Gasteiger partial charge on any atom is 0.327 e. The van der Waals surface area contributed by atoms with Crippen molar-refractivity contribution in [3.8, 4) is 17.2 Å². The number of nitrogens with zero attached hydrogens (tertiary/aromatic N) is 2. The van der Waals surface area contributed by atoms with Crippen LogP contribution in [0.4, 0.5) is 5.69 Å².